The van der Waals surface area contributed by atoms with Crippen LogP contribution in [0.1, 0.15) is 10.4 Å². The third-order valence-electron chi connectivity index (χ3n) is 3.17. The summed E-state index contributed by atoms with van der Waals surface area (Å²) in [4.78, 5) is 14.0. The molecule has 0 saturated carbocycles. The first kappa shape index (κ1) is 21.3. The average Bonchev–Trinajstić information content (AvgIpc) is 2.62. The minimum absolute atomic E-state index is 0.144. The van der Waals surface area contributed by atoms with Crippen molar-refractivity contribution in [1.29, 1.82) is 0 Å². The first-order valence-electron chi connectivity index (χ1n) is 7.58. The largest absolute Gasteiger partial charge is 0.439 e. The number of hydrogen-bond donors (Lipinski definition) is 2. The summed E-state index contributed by atoms with van der Waals surface area (Å²) >= 11 is 5.43. The van der Waals surface area contributed by atoms with Crippen molar-refractivity contribution in [2.75, 3.05) is 0 Å². The van der Waals surface area contributed by atoms with Crippen LogP contribution in [0.15, 0.2) is 71.8 Å². The van der Waals surface area contributed by atoms with Crippen molar-refractivity contribution >= 4 is 27.6 Å². The molecule has 3 N–H and O–H groups in total. The SMILES string of the molecule is NC(=O)c1ccc(Cl)cc1F.O=S(=O)(O)c1ccc(Oc2ccccc2)nc1. The Balaban J connectivity index is 0.000000221. The monoisotopic (exact) mass is 424 g/mol. The predicted octanol–water partition coefficient (Wildman–Crippen LogP) is 3.70. The molecule has 2 aromatic carbocycles. The number of para-hydroxylation sites is 1. The van der Waals surface area contributed by atoms with Gasteiger partial charge >= 0.3 is 0 Å². The van der Waals surface area contributed by atoms with E-state index >= 15 is 0 Å². The number of rotatable bonds is 4. The third kappa shape index (κ3) is 6.31. The maximum absolute atomic E-state index is 12.7. The fourth-order valence-electron chi connectivity index (χ4n) is 1.88. The lowest BCUT2D eigenvalue weighted by atomic mass is 10.2. The molecular weight excluding hydrogens is 411 g/mol. The zero-order chi connectivity index (χ0) is 20.7. The maximum Gasteiger partial charge on any atom is 0.296 e. The van der Waals surface area contributed by atoms with Gasteiger partial charge in [0.2, 0.25) is 5.88 Å². The molecule has 3 rings (SSSR count). The highest BCUT2D eigenvalue weighted by Gasteiger charge is 2.10. The summed E-state index contributed by atoms with van der Waals surface area (Å²) in [7, 11) is -4.21. The summed E-state index contributed by atoms with van der Waals surface area (Å²) < 4.78 is 48.4. The van der Waals surface area contributed by atoms with Crippen LogP contribution in [0.25, 0.3) is 0 Å². The minimum Gasteiger partial charge on any atom is -0.439 e. The highest BCUT2D eigenvalue weighted by Crippen LogP contribution is 2.19. The van der Waals surface area contributed by atoms with Gasteiger partial charge in [0.15, 0.2) is 0 Å². The van der Waals surface area contributed by atoms with Gasteiger partial charge in [-0.05, 0) is 36.4 Å². The van der Waals surface area contributed by atoms with E-state index in [1.54, 1.807) is 12.1 Å². The molecule has 3 aromatic rings. The molecule has 0 fully saturated rings. The van der Waals surface area contributed by atoms with Crippen LogP contribution in [0.2, 0.25) is 5.02 Å². The van der Waals surface area contributed by atoms with E-state index in [-0.39, 0.29) is 21.4 Å². The zero-order valence-corrected chi connectivity index (χ0v) is 15.7. The van der Waals surface area contributed by atoms with E-state index in [4.69, 9.17) is 26.6 Å². The summed E-state index contributed by atoms with van der Waals surface area (Å²) in [5.74, 6) is -0.632. The van der Waals surface area contributed by atoms with E-state index in [0.29, 0.717) is 5.75 Å². The fraction of sp³-hybridized carbons (Fsp3) is 0. The molecule has 0 aliphatic heterocycles. The van der Waals surface area contributed by atoms with E-state index in [9.17, 15) is 17.6 Å². The van der Waals surface area contributed by atoms with Gasteiger partial charge in [0.1, 0.15) is 16.5 Å². The summed E-state index contributed by atoms with van der Waals surface area (Å²) in [6, 6.07) is 15.3. The Hall–Kier alpha value is -3.01. The lowest BCUT2D eigenvalue weighted by Crippen LogP contribution is -2.12. The molecule has 10 heteroatoms. The summed E-state index contributed by atoms with van der Waals surface area (Å²) in [5, 5.41) is 0.243. The van der Waals surface area contributed by atoms with Crippen molar-refractivity contribution in [2.45, 2.75) is 4.90 Å². The van der Waals surface area contributed by atoms with Crippen LogP contribution in [0, 0.1) is 5.82 Å². The van der Waals surface area contributed by atoms with E-state index in [2.05, 4.69) is 4.98 Å². The second-order valence-corrected chi connectivity index (χ2v) is 7.07. The van der Waals surface area contributed by atoms with Gasteiger partial charge in [-0.3, -0.25) is 9.35 Å². The quantitative estimate of drug-likeness (QED) is 0.616. The van der Waals surface area contributed by atoms with Gasteiger partial charge in [-0.1, -0.05) is 29.8 Å². The van der Waals surface area contributed by atoms with Crippen molar-refractivity contribution in [3.05, 3.63) is 83.3 Å². The van der Waals surface area contributed by atoms with Gasteiger partial charge in [0.25, 0.3) is 16.0 Å². The number of pyridine rings is 1. The van der Waals surface area contributed by atoms with Gasteiger partial charge < -0.3 is 10.5 Å². The number of carbonyl (C=O) groups excluding carboxylic acids is 1. The van der Waals surface area contributed by atoms with Gasteiger partial charge in [-0.25, -0.2) is 9.37 Å². The van der Waals surface area contributed by atoms with Crippen LogP contribution < -0.4 is 10.5 Å². The molecule has 0 radical (unpaired) electrons. The highest BCUT2D eigenvalue weighted by atomic mass is 35.5. The van der Waals surface area contributed by atoms with Crippen molar-refractivity contribution < 1.29 is 26.9 Å². The number of nitrogens with two attached hydrogens (primary N) is 1. The smallest absolute Gasteiger partial charge is 0.296 e. The number of hydrogen-bond acceptors (Lipinski definition) is 5. The molecule has 146 valence electrons. The molecule has 7 nitrogen and oxygen atoms in total. The Morgan fingerprint density at radius 3 is 2.29 bits per heavy atom. The standard InChI is InChI=1S/C11H9NO4S.C7H5ClFNO/c13-17(14,15)10-6-7-11(12-8-10)16-9-4-2-1-3-5-9;8-4-1-2-5(7(10)11)6(9)3-4/h1-8H,(H,13,14,15);1-3H,(H2,10,11). The van der Waals surface area contributed by atoms with Crippen LogP contribution >= 0.6 is 11.6 Å². The van der Waals surface area contributed by atoms with E-state index in [1.807, 2.05) is 18.2 Å². The lowest BCUT2D eigenvalue weighted by Gasteiger charge is -2.04. The summed E-state index contributed by atoms with van der Waals surface area (Å²) in [6.45, 7) is 0. The molecule has 0 bridgehead atoms. The minimum atomic E-state index is -4.21. The molecule has 0 atom stereocenters. The Bertz CT molecular complexity index is 1060. The van der Waals surface area contributed by atoms with Crippen LogP contribution in [-0.2, 0) is 10.1 Å². The first-order valence-corrected chi connectivity index (χ1v) is 9.40. The molecule has 0 spiro atoms. The van der Waals surface area contributed by atoms with Gasteiger partial charge in [-0.15, -0.1) is 0 Å². The maximum atomic E-state index is 12.7. The number of benzene rings is 2. The van der Waals surface area contributed by atoms with Gasteiger partial charge in [0.05, 0.1) is 11.8 Å². The van der Waals surface area contributed by atoms with Crippen molar-refractivity contribution in [3.63, 3.8) is 0 Å². The number of halogens is 2. The Kier molecular flexibility index (Phi) is 7.05. The molecule has 1 amide bonds. The normalized spacial score (nSPS) is 10.5. The molecule has 1 heterocycles. The van der Waals surface area contributed by atoms with Crippen molar-refractivity contribution in [3.8, 4) is 11.6 Å². The van der Waals surface area contributed by atoms with Crippen LogP contribution in [0.3, 0.4) is 0 Å². The molecular formula is C18H14ClFN2O5S. The molecule has 28 heavy (non-hydrogen) atoms. The molecule has 0 aliphatic rings. The zero-order valence-electron chi connectivity index (χ0n) is 14.1. The van der Waals surface area contributed by atoms with Crippen molar-refractivity contribution in [2.24, 2.45) is 5.73 Å². The fourth-order valence-corrected chi connectivity index (χ4v) is 2.46. The highest BCUT2D eigenvalue weighted by molar-refractivity contribution is 7.85. The number of ether oxygens (including phenoxy) is 1. The Morgan fingerprint density at radius 1 is 1.11 bits per heavy atom. The van der Waals surface area contributed by atoms with Gasteiger partial charge in [-0.2, -0.15) is 8.42 Å². The Labute approximate surface area is 165 Å². The molecule has 0 aliphatic carbocycles. The third-order valence-corrected chi connectivity index (χ3v) is 4.24. The number of primary amides is 1. The van der Waals surface area contributed by atoms with E-state index < -0.39 is 21.8 Å². The van der Waals surface area contributed by atoms with E-state index in [0.717, 1.165) is 12.3 Å². The lowest BCUT2D eigenvalue weighted by molar-refractivity contribution is 0.0996. The predicted molar refractivity (Wildman–Crippen MR) is 100 cm³/mol. The van der Waals surface area contributed by atoms with Crippen LogP contribution in [-0.4, -0.2) is 23.9 Å². The number of aromatic nitrogens is 1. The van der Waals surface area contributed by atoms with Crippen molar-refractivity contribution in [1.82, 2.24) is 4.98 Å². The second kappa shape index (κ2) is 9.27. The molecule has 0 unspecified atom stereocenters. The molecule has 0 saturated heterocycles. The Morgan fingerprint density at radius 2 is 1.79 bits per heavy atom. The average molecular weight is 425 g/mol. The van der Waals surface area contributed by atoms with Gasteiger partial charge in [0, 0.05) is 11.1 Å². The molecule has 1 aromatic heterocycles. The number of amides is 1. The second-order valence-electron chi connectivity index (χ2n) is 5.21. The van der Waals surface area contributed by atoms with Crippen LogP contribution in [0.5, 0.6) is 11.6 Å². The van der Waals surface area contributed by atoms with Crippen LogP contribution in [0.4, 0.5) is 4.39 Å². The van der Waals surface area contributed by atoms with E-state index in [1.165, 1.54) is 24.3 Å². The topological polar surface area (TPSA) is 120 Å². The summed E-state index contributed by atoms with van der Waals surface area (Å²) in [6.07, 6.45) is 1.04. The first-order chi connectivity index (χ1) is 13.2. The number of carbonyl (C=O) groups is 1. The number of nitrogens with zero attached hydrogens (tertiary/aromatic N) is 1. The summed E-state index contributed by atoms with van der Waals surface area (Å²) in [5.41, 5.74) is 4.70.